The predicted octanol–water partition coefficient (Wildman–Crippen LogP) is 4.32. The van der Waals surface area contributed by atoms with E-state index in [1.165, 1.54) is 12.0 Å². The van der Waals surface area contributed by atoms with E-state index in [9.17, 15) is 18.0 Å². The molecule has 2 amide bonds. The number of nitrogens with one attached hydrogen (secondary N) is 1. The van der Waals surface area contributed by atoms with Crippen molar-refractivity contribution in [3.8, 4) is 5.75 Å². The second-order valence-corrected chi connectivity index (χ2v) is 11.9. The van der Waals surface area contributed by atoms with Crippen LogP contribution in [0.25, 0.3) is 0 Å². The fourth-order valence-electron chi connectivity index (χ4n) is 4.25. The molecule has 8 nitrogen and oxygen atoms in total. The first-order chi connectivity index (χ1) is 19.0. The Morgan fingerprint density at radius 2 is 1.55 bits per heavy atom. The number of anilines is 1. The monoisotopic (exact) mass is 565 g/mol. The van der Waals surface area contributed by atoms with Crippen molar-refractivity contribution < 1.29 is 22.7 Å². The molecule has 0 aliphatic rings. The number of ether oxygens (including phenoxy) is 1. The molecule has 214 valence electrons. The minimum atomic E-state index is -3.83. The van der Waals surface area contributed by atoms with Gasteiger partial charge in [0, 0.05) is 19.0 Å². The Kier molecular flexibility index (Phi) is 10.7. The highest BCUT2D eigenvalue weighted by molar-refractivity contribution is 7.92. The molecular weight excluding hydrogens is 526 g/mol. The highest BCUT2D eigenvalue weighted by Crippen LogP contribution is 2.23. The number of nitrogens with zero attached hydrogens (tertiary/aromatic N) is 2. The average molecular weight is 566 g/mol. The molecule has 0 aliphatic carbocycles. The van der Waals surface area contributed by atoms with Crippen molar-refractivity contribution >= 4 is 27.5 Å². The number of hydrogen-bond donors (Lipinski definition) is 1. The number of rotatable bonds is 13. The van der Waals surface area contributed by atoms with Crippen molar-refractivity contribution in [1.82, 2.24) is 10.2 Å². The Balaban J connectivity index is 2.04. The average Bonchev–Trinajstić information content (AvgIpc) is 2.94. The molecule has 0 saturated heterocycles. The number of methoxy groups -OCH3 is 1. The molecule has 0 bridgehead atoms. The van der Waals surface area contributed by atoms with Gasteiger partial charge in [-0.3, -0.25) is 13.9 Å². The van der Waals surface area contributed by atoms with Gasteiger partial charge in [-0.05, 0) is 55.7 Å². The summed E-state index contributed by atoms with van der Waals surface area (Å²) in [6, 6.07) is 22.7. The lowest BCUT2D eigenvalue weighted by molar-refractivity contribution is -0.140. The third-order valence-electron chi connectivity index (χ3n) is 6.79. The molecule has 3 aromatic carbocycles. The van der Waals surface area contributed by atoms with Gasteiger partial charge in [-0.1, -0.05) is 67.1 Å². The molecule has 0 radical (unpaired) electrons. The first-order valence-corrected chi connectivity index (χ1v) is 15.2. The van der Waals surface area contributed by atoms with E-state index in [0.29, 0.717) is 11.4 Å². The van der Waals surface area contributed by atoms with Crippen LogP contribution in [0.3, 0.4) is 0 Å². The highest BCUT2D eigenvalue weighted by atomic mass is 32.2. The summed E-state index contributed by atoms with van der Waals surface area (Å²) < 4.78 is 32.0. The summed E-state index contributed by atoms with van der Waals surface area (Å²) in [7, 11) is -2.31. The molecule has 3 aromatic rings. The third kappa shape index (κ3) is 8.58. The van der Waals surface area contributed by atoms with Gasteiger partial charge in [-0.15, -0.1) is 0 Å². The first kappa shape index (κ1) is 30.7. The van der Waals surface area contributed by atoms with Crippen molar-refractivity contribution in [1.29, 1.82) is 0 Å². The summed E-state index contributed by atoms with van der Waals surface area (Å²) in [6.07, 6.45) is 2.07. The molecule has 0 saturated carbocycles. The van der Waals surface area contributed by atoms with Gasteiger partial charge in [0.05, 0.1) is 19.1 Å². The fourth-order valence-corrected chi connectivity index (χ4v) is 5.10. The van der Waals surface area contributed by atoms with Gasteiger partial charge in [-0.25, -0.2) is 8.42 Å². The molecular formula is C31H39N3O5S. The Morgan fingerprint density at radius 1 is 0.925 bits per heavy atom. The number of aryl methyl sites for hydroxylation is 1. The van der Waals surface area contributed by atoms with Gasteiger partial charge < -0.3 is 15.0 Å². The quantitative estimate of drug-likeness (QED) is 0.333. The zero-order valence-corrected chi connectivity index (χ0v) is 24.6. The van der Waals surface area contributed by atoms with E-state index < -0.39 is 28.5 Å². The third-order valence-corrected chi connectivity index (χ3v) is 7.93. The highest BCUT2D eigenvalue weighted by Gasteiger charge is 2.33. The maximum atomic E-state index is 14.1. The molecule has 0 aliphatic heterocycles. The Bertz CT molecular complexity index is 1360. The normalized spacial score (nSPS) is 12.7. The lowest BCUT2D eigenvalue weighted by Gasteiger charge is -2.34. The minimum Gasteiger partial charge on any atom is -0.497 e. The summed E-state index contributed by atoms with van der Waals surface area (Å²) >= 11 is 0. The minimum absolute atomic E-state index is 0.0890. The summed E-state index contributed by atoms with van der Waals surface area (Å²) in [4.78, 5) is 29.3. The summed E-state index contributed by atoms with van der Waals surface area (Å²) in [5.74, 6) is -0.203. The summed E-state index contributed by atoms with van der Waals surface area (Å²) in [5.41, 5.74) is 3.13. The van der Waals surface area contributed by atoms with E-state index in [0.717, 1.165) is 33.7 Å². The van der Waals surface area contributed by atoms with E-state index >= 15 is 0 Å². The van der Waals surface area contributed by atoms with Crippen LogP contribution < -0.4 is 14.4 Å². The van der Waals surface area contributed by atoms with Crippen molar-refractivity contribution in [2.24, 2.45) is 0 Å². The molecule has 1 N–H and O–H groups in total. The number of benzene rings is 3. The maximum absolute atomic E-state index is 14.1. The van der Waals surface area contributed by atoms with Crippen molar-refractivity contribution in [3.05, 3.63) is 95.6 Å². The van der Waals surface area contributed by atoms with Gasteiger partial charge in [0.1, 0.15) is 18.3 Å². The molecule has 0 heterocycles. The molecule has 0 aromatic heterocycles. The second-order valence-electron chi connectivity index (χ2n) is 10.00. The van der Waals surface area contributed by atoms with E-state index in [-0.39, 0.29) is 24.9 Å². The summed E-state index contributed by atoms with van der Waals surface area (Å²) in [6.45, 7) is 5.55. The van der Waals surface area contributed by atoms with Gasteiger partial charge in [0.15, 0.2) is 0 Å². The van der Waals surface area contributed by atoms with Gasteiger partial charge >= 0.3 is 0 Å². The number of carbonyl (C=O) groups is 2. The largest absolute Gasteiger partial charge is 0.497 e. The van der Waals surface area contributed by atoms with E-state index in [1.807, 2.05) is 75.4 Å². The number of hydrogen-bond acceptors (Lipinski definition) is 5. The van der Waals surface area contributed by atoms with E-state index in [2.05, 4.69) is 5.32 Å². The topological polar surface area (TPSA) is 96.0 Å². The van der Waals surface area contributed by atoms with Crippen LogP contribution in [0.2, 0.25) is 0 Å². The maximum Gasteiger partial charge on any atom is 0.244 e. The van der Waals surface area contributed by atoms with Crippen LogP contribution in [0, 0.1) is 6.92 Å². The van der Waals surface area contributed by atoms with Crippen LogP contribution in [-0.2, 0) is 32.6 Å². The van der Waals surface area contributed by atoms with E-state index in [4.69, 9.17) is 4.74 Å². The molecule has 0 unspecified atom stereocenters. The molecule has 9 heteroatoms. The number of sulfonamides is 1. The van der Waals surface area contributed by atoms with Gasteiger partial charge in [0.25, 0.3) is 0 Å². The molecule has 2 atom stereocenters. The Hall–Kier alpha value is -3.85. The zero-order valence-electron chi connectivity index (χ0n) is 23.8. The zero-order chi connectivity index (χ0) is 29.3. The van der Waals surface area contributed by atoms with Crippen LogP contribution in [0.5, 0.6) is 5.75 Å². The number of carbonyl (C=O) groups excluding carboxylic acids is 2. The lowest BCUT2D eigenvalue weighted by atomic mass is 10.0. The standard InChI is InChI=1S/C31H39N3O5S/c1-6-24(3)32-31(36)29(20-25-10-8-7-9-11-25)33(21-26-14-12-23(2)13-15-26)30(35)22-34(40(5,37)38)27-16-18-28(39-4)19-17-27/h7-19,24,29H,6,20-22H2,1-5H3,(H,32,36)/t24-,29-/m1/s1. The fraction of sp³-hybridized carbons (Fsp3) is 0.355. The van der Waals surface area contributed by atoms with Gasteiger partial charge in [-0.2, -0.15) is 0 Å². The molecule has 0 spiro atoms. The predicted molar refractivity (Wildman–Crippen MR) is 159 cm³/mol. The second kappa shape index (κ2) is 14.0. The van der Waals surface area contributed by atoms with Crippen LogP contribution >= 0.6 is 0 Å². The smallest absolute Gasteiger partial charge is 0.244 e. The summed E-state index contributed by atoms with van der Waals surface area (Å²) in [5, 5.41) is 3.03. The van der Waals surface area contributed by atoms with Crippen molar-refractivity contribution in [2.45, 2.75) is 52.2 Å². The molecule has 0 fully saturated rings. The Morgan fingerprint density at radius 3 is 2.10 bits per heavy atom. The molecule has 3 rings (SSSR count). The Labute approximate surface area is 238 Å². The van der Waals surface area contributed by atoms with Crippen molar-refractivity contribution in [2.75, 3.05) is 24.2 Å². The van der Waals surface area contributed by atoms with Crippen LogP contribution in [0.4, 0.5) is 5.69 Å². The van der Waals surface area contributed by atoms with Crippen LogP contribution in [-0.4, -0.2) is 57.1 Å². The van der Waals surface area contributed by atoms with Gasteiger partial charge in [0.2, 0.25) is 21.8 Å². The van der Waals surface area contributed by atoms with E-state index in [1.54, 1.807) is 24.3 Å². The lowest BCUT2D eigenvalue weighted by Crippen LogP contribution is -2.54. The van der Waals surface area contributed by atoms with Crippen LogP contribution in [0.15, 0.2) is 78.9 Å². The molecule has 40 heavy (non-hydrogen) atoms. The SMILES string of the molecule is CC[C@@H](C)NC(=O)[C@@H](Cc1ccccc1)N(Cc1ccc(C)cc1)C(=O)CN(c1ccc(OC)cc1)S(C)(=O)=O. The van der Waals surface area contributed by atoms with Crippen molar-refractivity contribution in [3.63, 3.8) is 0 Å². The number of amides is 2. The first-order valence-electron chi connectivity index (χ1n) is 13.3. The van der Waals surface area contributed by atoms with Crippen LogP contribution in [0.1, 0.15) is 37.0 Å².